The minimum Gasteiger partial charge on any atom is -0.497 e. The topological polar surface area (TPSA) is 43.3 Å². The van der Waals surface area contributed by atoms with E-state index in [1.54, 1.807) is 18.4 Å². The van der Waals surface area contributed by atoms with Gasteiger partial charge in [-0.3, -0.25) is 4.79 Å². The van der Waals surface area contributed by atoms with Gasteiger partial charge in [-0.2, -0.15) is 0 Å². The SMILES string of the molecule is COc1cccc(Cn2c(C(=O)NC(C)c3ccccc3)cc3sccc32)c1. The minimum atomic E-state index is -0.0670. The summed E-state index contributed by atoms with van der Waals surface area (Å²) in [6.07, 6.45) is 0. The quantitative estimate of drug-likeness (QED) is 0.489. The van der Waals surface area contributed by atoms with Crippen LogP contribution in [0.1, 0.15) is 34.6 Å². The molecule has 5 heteroatoms. The molecule has 4 rings (SSSR count). The zero-order chi connectivity index (χ0) is 19.5. The third kappa shape index (κ3) is 3.66. The van der Waals surface area contributed by atoms with E-state index >= 15 is 0 Å². The predicted octanol–water partition coefficient (Wildman–Crippen LogP) is 5.25. The molecule has 0 aliphatic carbocycles. The fourth-order valence-corrected chi connectivity index (χ4v) is 4.21. The first-order valence-corrected chi connectivity index (χ1v) is 10.1. The smallest absolute Gasteiger partial charge is 0.268 e. The summed E-state index contributed by atoms with van der Waals surface area (Å²) in [5.41, 5.74) is 3.93. The molecule has 0 spiro atoms. The summed E-state index contributed by atoms with van der Waals surface area (Å²) in [7, 11) is 1.66. The second kappa shape index (κ2) is 7.90. The molecule has 0 saturated heterocycles. The van der Waals surface area contributed by atoms with Crippen LogP contribution in [0, 0.1) is 0 Å². The molecule has 1 unspecified atom stereocenters. The Morgan fingerprint density at radius 2 is 1.93 bits per heavy atom. The number of ether oxygens (including phenoxy) is 1. The van der Waals surface area contributed by atoms with Gasteiger partial charge in [0.15, 0.2) is 0 Å². The van der Waals surface area contributed by atoms with Crippen molar-refractivity contribution in [2.24, 2.45) is 0 Å². The van der Waals surface area contributed by atoms with Crippen molar-refractivity contribution < 1.29 is 9.53 Å². The molecular formula is C23H22N2O2S. The molecule has 0 aliphatic heterocycles. The van der Waals surface area contributed by atoms with E-state index < -0.39 is 0 Å². The molecule has 28 heavy (non-hydrogen) atoms. The fraction of sp³-hybridized carbons (Fsp3) is 0.174. The molecular weight excluding hydrogens is 368 g/mol. The van der Waals surface area contributed by atoms with Gasteiger partial charge in [0.25, 0.3) is 5.91 Å². The van der Waals surface area contributed by atoms with E-state index in [0.29, 0.717) is 12.2 Å². The maximum Gasteiger partial charge on any atom is 0.268 e. The summed E-state index contributed by atoms with van der Waals surface area (Å²) < 4.78 is 8.53. The average Bonchev–Trinajstić information content (AvgIpc) is 3.31. The van der Waals surface area contributed by atoms with Gasteiger partial charge in [0, 0.05) is 6.54 Å². The van der Waals surface area contributed by atoms with Crippen LogP contribution < -0.4 is 10.1 Å². The summed E-state index contributed by atoms with van der Waals surface area (Å²) in [5.74, 6) is 0.748. The molecule has 4 nitrogen and oxygen atoms in total. The summed E-state index contributed by atoms with van der Waals surface area (Å²) in [6, 6.07) is 21.9. The minimum absolute atomic E-state index is 0.0631. The van der Waals surface area contributed by atoms with Crippen LogP contribution in [0.4, 0.5) is 0 Å². The molecule has 0 bridgehead atoms. The van der Waals surface area contributed by atoms with E-state index in [0.717, 1.165) is 27.1 Å². The number of carbonyl (C=O) groups excluding carboxylic acids is 1. The van der Waals surface area contributed by atoms with Gasteiger partial charge >= 0.3 is 0 Å². The lowest BCUT2D eigenvalue weighted by Crippen LogP contribution is -2.28. The Morgan fingerprint density at radius 1 is 1.11 bits per heavy atom. The summed E-state index contributed by atoms with van der Waals surface area (Å²) in [5, 5.41) is 5.19. The van der Waals surface area contributed by atoms with Crippen LogP contribution in [0.25, 0.3) is 10.2 Å². The van der Waals surface area contributed by atoms with Crippen LogP contribution in [0.5, 0.6) is 5.75 Å². The molecule has 0 aliphatic rings. The highest BCUT2D eigenvalue weighted by molar-refractivity contribution is 7.17. The third-order valence-corrected chi connectivity index (χ3v) is 5.73. The molecule has 2 heterocycles. The fourth-order valence-electron chi connectivity index (χ4n) is 3.38. The van der Waals surface area contributed by atoms with Crippen molar-refractivity contribution >= 4 is 27.5 Å². The highest BCUT2D eigenvalue weighted by Crippen LogP contribution is 2.27. The number of nitrogens with one attached hydrogen (secondary N) is 1. The molecule has 0 radical (unpaired) electrons. The van der Waals surface area contributed by atoms with E-state index in [4.69, 9.17) is 4.74 Å². The summed E-state index contributed by atoms with van der Waals surface area (Å²) in [4.78, 5) is 13.1. The summed E-state index contributed by atoms with van der Waals surface area (Å²) >= 11 is 1.65. The number of nitrogens with zero attached hydrogens (tertiary/aromatic N) is 1. The number of hydrogen-bond donors (Lipinski definition) is 1. The normalized spacial score (nSPS) is 12.1. The van der Waals surface area contributed by atoms with Gasteiger partial charge < -0.3 is 14.6 Å². The third-order valence-electron chi connectivity index (χ3n) is 4.88. The molecule has 2 aromatic heterocycles. The van der Waals surface area contributed by atoms with E-state index in [1.807, 2.05) is 61.5 Å². The van der Waals surface area contributed by atoms with Crippen molar-refractivity contribution in [2.45, 2.75) is 19.5 Å². The first-order chi connectivity index (χ1) is 13.7. The van der Waals surface area contributed by atoms with Gasteiger partial charge in [0.05, 0.1) is 23.4 Å². The van der Waals surface area contributed by atoms with Crippen LogP contribution in [0.15, 0.2) is 72.1 Å². The molecule has 4 aromatic rings. The van der Waals surface area contributed by atoms with Crippen molar-refractivity contribution in [1.29, 1.82) is 0 Å². The highest BCUT2D eigenvalue weighted by Gasteiger charge is 2.19. The van der Waals surface area contributed by atoms with Crippen LogP contribution >= 0.6 is 11.3 Å². The number of fused-ring (bicyclic) bond motifs is 1. The highest BCUT2D eigenvalue weighted by atomic mass is 32.1. The Hall–Kier alpha value is -3.05. The Balaban J connectivity index is 1.64. The van der Waals surface area contributed by atoms with Crippen molar-refractivity contribution in [2.75, 3.05) is 7.11 Å². The summed E-state index contributed by atoms with van der Waals surface area (Å²) in [6.45, 7) is 2.62. The molecule has 1 N–H and O–H groups in total. The van der Waals surface area contributed by atoms with Crippen molar-refractivity contribution in [1.82, 2.24) is 9.88 Å². The Kier molecular flexibility index (Phi) is 5.17. The number of rotatable bonds is 6. The van der Waals surface area contributed by atoms with Crippen LogP contribution in [-0.4, -0.2) is 17.6 Å². The number of amides is 1. The van der Waals surface area contributed by atoms with E-state index in [9.17, 15) is 4.79 Å². The van der Waals surface area contributed by atoms with E-state index in [2.05, 4.69) is 27.4 Å². The van der Waals surface area contributed by atoms with Gasteiger partial charge in [-0.1, -0.05) is 42.5 Å². The predicted molar refractivity (Wildman–Crippen MR) is 114 cm³/mol. The molecule has 142 valence electrons. The zero-order valence-electron chi connectivity index (χ0n) is 15.9. The maximum absolute atomic E-state index is 13.1. The number of thiophene rings is 1. The second-order valence-electron chi connectivity index (χ2n) is 6.74. The average molecular weight is 391 g/mol. The van der Waals surface area contributed by atoms with E-state index in [-0.39, 0.29) is 11.9 Å². The molecule has 0 saturated carbocycles. The van der Waals surface area contributed by atoms with Crippen molar-refractivity contribution in [3.63, 3.8) is 0 Å². The van der Waals surface area contributed by atoms with Gasteiger partial charge in [-0.25, -0.2) is 0 Å². The van der Waals surface area contributed by atoms with Gasteiger partial charge in [-0.15, -0.1) is 11.3 Å². The van der Waals surface area contributed by atoms with Crippen LogP contribution in [-0.2, 0) is 6.54 Å². The second-order valence-corrected chi connectivity index (χ2v) is 7.69. The monoisotopic (exact) mass is 390 g/mol. The lowest BCUT2D eigenvalue weighted by Gasteiger charge is -2.16. The van der Waals surface area contributed by atoms with Crippen LogP contribution in [0.3, 0.4) is 0 Å². The largest absolute Gasteiger partial charge is 0.497 e. The number of hydrogen-bond acceptors (Lipinski definition) is 3. The standard InChI is InChI=1S/C23H22N2O2S/c1-16(18-8-4-3-5-9-18)24-23(26)21-14-22-20(11-12-28-22)25(21)15-17-7-6-10-19(13-17)27-2/h3-14,16H,15H2,1-2H3,(H,24,26). The molecule has 1 atom stereocenters. The van der Waals surface area contributed by atoms with Crippen LogP contribution in [0.2, 0.25) is 0 Å². The van der Waals surface area contributed by atoms with E-state index in [1.165, 1.54) is 0 Å². The Bertz CT molecular complexity index is 1100. The number of aromatic nitrogens is 1. The van der Waals surface area contributed by atoms with Crippen molar-refractivity contribution in [3.8, 4) is 5.75 Å². The molecule has 0 fully saturated rings. The molecule has 1 amide bonds. The number of benzene rings is 2. The number of methoxy groups -OCH3 is 1. The lowest BCUT2D eigenvalue weighted by molar-refractivity contribution is 0.0931. The Labute approximate surface area is 168 Å². The zero-order valence-corrected chi connectivity index (χ0v) is 16.7. The lowest BCUT2D eigenvalue weighted by atomic mass is 10.1. The first kappa shape index (κ1) is 18.3. The maximum atomic E-state index is 13.1. The first-order valence-electron chi connectivity index (χ1n) is 9.21. The van der Waals surface area contributed by atoms with Gasteiger partial charge in [-0.05, 0) is 47.7 Å². The van der Waals surface area contributed by atoms with Crippen molar-refractivity contribution in [3.05, 3.63) is 88.9 Å². The number of carbonyl (C=O) groups is 1. The Morgan fingerprint density at radius 3 is 2.71 bits per heavy atom. The van der Waals surface area contributed by atoms with Gasteiger partial charge in [0.2, 0.25) is 0 Å². The molecule has 2 aromatic carbocycles. The van der Waals surface area contributed by atoms with Gasteiger partial charge in [0.1, 0.15) is 11.4 Å².